The van der Waals surface area contributed by atoms with Crippen LogP contribution < -0.4 is 14.4 Å². The molecule has 0 saturated carbocycles. The number of methoxy groups -OCH3 is 1. The highest BCUT2D eigenvalue weighted by Crippen LogP contribution is 2.30. The summed E-state index contributed by atoms with van der Waals surface area (Å²) in [5.41, 5.74) is 0.716. The second kappa shape index (κ2) is 10.00. The molecule has 0 bridgehead atoms. The third-order valence-electron chi connectivity index (χ3n) is 6.24. The molecule has 0 unspecified atom stereocenters. The molecule has 3 aromatic rings. The van der Waals surface area contributed by atoms with Crippen molar-refractivity contribution in [3.63, 3.8) is 0 Å². The Morgan fingerprint density at radius 3 is 2.57 bits per heavy atom. The quantitative estimate of drug-likeness (QED) is 0.512. The van der Waals surface area contributed by atoms with Gasteiger partial charge in [-0.3, -0.25) is 9.69 Å². The van der Waals surface area contributed by atoms with E-state index in [1.807, 2.05) is 30.3 Å². The molecule has 1 aromatic carbocycles. The van der Waals surface area contributed by atoms with E-state index in [1.165, 1.54) is 0 Å². The summed E-state index contributed by atoms with van der Waals surface area (Å²) in [6.07, 6.45) is 4.81. The largest absolute Gasteiger partial charge is 0.495 e. The van der Waals surface area contributed by atoms with Crippen LogP contribution in [0, 0.1) is 0 Å². The van der Waals surface area contributed by atoms with Gasteiger partial charge in [0.2, 0.25) is 11.8 Å². The van der Waals surface area contributed by atoms with Crippen molar-refractivity contribution in [2.24, 2.45) is 0 Å². The fourth-order valence-corrected chi connectivity index (χ4v) is 4.37. The minimum Gasteiger partial charge on any atom is -0.495 e. The van der Waals surface area contributed by atoms with Crippen LogP contribution in [0.4, 0.5) is 10.5 Å². The molecular formula is C24H27N7O4. The molecule has 2 fully saturated rings. The van der Waals surface area contributed by atoms with Crippen LogP contribution in [0.25, 0.3) is 5.82 Å². The number of urea groups is 1. The van der Waals surface area contributed by atoms with Gasteiger partial charge in [0.25, 0.3) is 0 Å². The van der Waals surface area contributed by atoms with Crippen molar-refractivity contribution in [3.05, 3.63) is 54.9 Å². The van der Waals surface area contributed by atoms with Gasteiger partial charge in [0.1, 0.15) is 18.4 Å². The summed E-state index contributed by atoms with van der Waals surface area (Å²) in [5, 5.41) is 12.4. The molecule has 4 heterocycles. The third kappa shape index (κ3) is 4.88. The van der Waals surface area contributed by atoms with Gasteiger partial charge < -0.3 is 19.3 Å². The molecule has 2 aromatic heterocycles. The Morgan fingerprint density at radius 2 is 1.86 bits per heavy atom. The lowest BCUT2D eigenvalue weighted by Crippen LogP contribution is -2.47. The van der Waals surface area contributed by atoms with Gasteiger partial charge in [-0.2, -0.15) is 5.10 Å². The second-order valence-electron chi connectivity index (χ2n) is 8.41. The van der Waals surface area contributed by atoms with Gasteiger partial charge in [0, 0.05) is 57.5 Å². The number of nitrogens with zero attached hydrogens (tertiary/aromatic N) is 7. The van der Waals surface area contributed by atoms with Crippen molar-refractivity contribution in [1.29, 1.82) is 0 Å². The number of amides is 3. The van der Waals surface area contributed by atoms with Crippen molar-refractivity contribution >= 4 is 17.6 Å². The van der Waals surface area contributed by atoms with Gasteiger partial charge in [-0.1, -0.05) is 12.1 Å². The Hall–Kier alpha value is -4.15. The molecule has 3 amide bonds. The van der Waals surface area contributed by atoms with E-state index in [-0.39, 0.29) is 24.6 Å². The van der Waals surface area contributed by atoms with Crippen LogP contribution in [0.15, 0.2) is 54.9 Å². The average Bonchev–Trinajstić information content (AvgIpc) is 3.56. The average molecular weight is 478 g/mol. The molecule has 35 heavy (non-hydrogen) atoms. The molecule has 11 heteroatoms. The first-order valence-corrected chi connectivity index (χ1v) is 11.6. The number of ether oxygens (including phenoxy) is 2. The molecule has 0 atom stereocenters. The van der Waals surface area contributed by atoms with Gasteiger partial charge in [-0.05, 0) is 24.3 Å². The highest BCUT2D eigenvalue weighted by atomic mass is 16.5. The smallest absolute Gasteiger partial charge is 0.325 e. The van der Waals surface area contributed by atoms with Crippen LogP contribution in [-0.2, 0) is 4.79 Å². The molecule has 0 spiro atoms. The predicted octanol–water partition coefficient (Wildman–Crippen LogP) is 1.98. The minimum atomic E-state index is -0.182. The zero-order valence-corrected chi connectivity index (χ0v) is 19.5. The van der Waals surface area contributed by atoms with E-state index in [9.17, 15) is 9.59 Å². The van der Waals surface area contributed by atoms with Crippen LogP contribution in [0.5, 0.6) is 11.6 Å². The lowest BCUT2D eigenvalue weighted by Gasteiger charge is -2.32. The van der Waals surface area contributed by atoms with E-state index >= 15 is 0 Å². The lowest BCUT2D eigenvalue weighted by atomic mass is 10.1. The summed E-state index contributed by atoms with van der Waals surface area (Å²) in [4.78, 5) is 30.9. The summed E-state index contributed by atoms with van der Waals surface area (Å²) < 4.78 is 13.0. The summed E-state index contributed by atoms with van der Waals surface area (Å²) in [5.74, 6) is 1.65. The van der Waals surface area contributed by atoms with E-state index in [4.69, 9.17) is 9.47 Å². The fourth-order valence-electron chi connectivity index (χ4n) is 4.37. The van der Waals surface area contributed by atoms with Gasteiger partial charge in [-0.15, -0.1) is 10.2 Å². The standard InChI is InChI=1S/C24H27N7O4/c1-34-20-6-3-2-5-19(20)30-16-15-29(24(30)33)17-23(32)28-13-9-18(10-14-28)35-22-8-7-21(26-27-22)31-12-4-11-25-31/h2-8,11-12,18H,9-10,13-17H2,1H3. The zero-order valence-electron chi connectivity index (χ0n) is 19.5. The Kier molecular flexibility index (Phi) is 6.47. The summed E-state index contributed by atoms with van der Waals surface area (Å²) in [7, 11) is 1.58. The summed E-state index contributed by atoms with van der Waals surface area (Å²) in [6, 6.07) is 12.6. The van der Waals surface area contributed by atoms with Gasteiger partial charge in [0.15, 0.2) is 5.82 Å². The molecular weight excluding hydrogens is 450 g/mol. The maximum atomic E-state index is 12.9. The second-order valence-corrected chi connectivity index (χ2v) is 8.41. The first-order chi connectivity index (χ1) is 17.1. The molecule has 11 nitrogen and oxygen atoms in total. The normalized spacial score (nSPS) is 16.6. The molecule has 0 N–H and O–H groups in total. The number of anilines is 1. The Labute approximate surface area is 202 Å². The SMILES string of the molecule is COc1ccccc1N1CCN(CC(=O)N2CCC(Oc3ccc(-n4cccn4)nn3)CC2)C1=O. The van der Waals surface area contributed by atoms with Crippen molar-refractivity contribution in [2.45, 2.75) is 18.9 Å². The number of para-hydroxylation sites is 2. The van der Waals surface area contributed by atoms with E-state index in [0.29, 0.717) is 62.2 Å². The molecule has 2 aliphatic heterocycles. The Morgan fingerprint density at radius 1 is 1.03 bits per heavy atom. The van der Waals surface area contributed by atoms with Crippen LogP contribution in [0.2, 0.25) is 0 Å². The number of hydrogen-bond acceptors (Lipinski definition) is 7. The van der Waals surface area contributed by atoms with E-state index in [0.717, 1.165) is 0 Å². The fraction of sp³-hybridized carbons (Fsp3) is 0.375. The number of piperidine rings is 1. The number of benzene rings is 1. The minimum absolute atomic E-state index is 0.0432. The van der Waals surface area contributed by atoms with Crippen molar-refractivity contribution in [2.75, 3.05) is 44.7 Å². The van der Waals surface area contributed by atoms with E-state index < -0.39 is 0 Å². The topological polar surface area (TPSA) is 106 Å². The lowest BCUT2D eigenvalue weighted by molar-refractivity contribution is -0.133. The molecule has 0 aliphatic carbocycles. The van der Waals surface area contributed by atoms with E-state index in [2.05, 4.69) is 15.3 Å². The molecule has 182 valence electrons. The highest BCUT2D eigenvalue weighted by Gasteiger charge is 2.34. The van der Waals surface area contributed by atoms with Crippen LogP contribution >= 0.6 is 0 Å². The number of carbonyl (C=O) groups excluding carboxylic acids is 2. The maximum absolute atomic E-state index is 12.9. The molecule has 2 saturated heterocycles. The molecule has 0 radical (unpaired) electrons. The molecule has 5 rings (SSSR count). The van der Waals surface area contributed by atoms with Crippen molar-refractivity contribution < 1.29 is 19.1 Å². The third-order valence-corrected chi connectivity index (χ3v) is 6.24. The first-order valence-electron chi connectivity index (χ1n) is 11.6. The van der Waals surface area contributed by atoms with Gasteiger partial charge in [-0.25, -0.2) is 9.48 Å². The Balaban J connectivity index is 1.11. The number of hydrogen-bond donors (Lipinski definition) is 0. The predicted molar refractivity (Wildman–Crippen MR) is 127 cm³/mol. The number of likely N-dealkylation sites (tertiary alicyclic amines) is 1. The van der Waals surface area contributed by atoms with Crippen LogP contribution in [-0.4, -0.2) is 87.7 Å². The van der Waals surface area contributed by atoms with Gasteiger partial charge >= 0.3 is 6.03 Å². The first kappa shape index (κ1) is 22.6. The molecule has 2 aliphatic rings. The highest BCUT2D eigenvalue weighted by molar-refractivity contribution is 5.97. The summed E-state index contributed by atoms with van der Waals surface area (Å²) >= 11 is 0. The number of carbonyl (C=O) groups is 2. The Bertz CT molecular complexity index is 1160. The van der Waals surface area contributed by atoms with Crippen molar-refractivity contribution in [3.8, 4) is 17.4 Å². The number of aromatic nitrogens is 4. The van der Waals surface area contributed by atoms with Crippen molar-refractivity contribution in [1.82, 2.24) is 29.8 Å². The summed E-state index contributed by atoms with van der Waals surface area (Å²) in [6.45, 7) is 2.22. The van der Waals surface area contributed by atoms with Crippen LogP contribution in [0.3, 0.4) is 0 Å². The zero-order chi connectivity index (χ0) is 24.2. The maximum Gasteiger partial charge on any atom is 0.325 e. The number of rotatable bonds is 7. The van der Waals surface area contributed by atoms with E-state index in [1.54, 1.807) is 51.0 Å². The monoisotopic (exact) mass is 477 g/mol. The van der Waals surface area contributed by atoms with Gasteiger partial charge in [0.05, 0.1) is 12.8 Å². The van der Waals surface area contributed by atoms with Crippen LogP contribution in [0.1, 0.15) is 12.8 Å².